The molecule has 3 aliphatic rings. The van der Waals surface area contributed by atoms with Gasteiger partial charge in [0, 0.05) is 25.3 Å². The van der Waals surface area contributed by atoms with Crippen LogP contribution >= 0.6 is 0 Å². The van der Waals surface area contributed by atoms with Gasteiger partial charge in [0.25, 0.3) is 5.91 Å². The van der Waals surface area contributed by atoms with Crippen molar-refractivity contribution in [2.75, 3.05) is 13.1 Å². The zero-order valence-corrected chi connectivity index (χ0v) is 17.7. The fourth-order valence-electron chi connectivity index (χ4n) is 5.92. The van der Waals surface area contributed by atoms with Gasteiger partial charge in [-0.2, -0.15) is 0 Å². The summed E-state index contributed by atoms with van der Waals surface area (Å²) in [5, 5.41) is 0. The molecule has 0 radical (unpaired) electrons. The first-order chi connectivity index (χ1) is 15.1. The van der Waals surface area contributed by atoms with Crippen molar-refractivity contribution in [3.8, 4) is 0 Å². The van der Waals surface area contributed by atoms with Gasteiger partial charge in [0.15, 0.2) is 5.82 Å². The second kappa shape index (κ2) is 8.06. The summed E-state index contributed by atoms with van der Waals surface area (Å²) in [4.78, 5) is 33.8. The van der Waals surface area contributed by atoms with E-state index in [0.29, 0.717) is 19.0 Å². The molecule has 1 saturated carbocycles. The van der Waals surface area contributed by atoms with Crippen LogP contribution < -0.4 is 0 Å². The minimum Gasteiger partial charge on any atom is -0.338 e. The van der Waals surface area contributed by atoms with Crippen LogP contribution in [0.15, 0.2) is 48.8 Å². The molecule has 1 spiro atoms. The van der Waals surface area contributed by atoms with E-state index in [-0.39, 0.29) is 29.0 Å². The van der Waals surface area contributed by atoms with Gasteiger partial charge in [-0.15, -0.1) is 0 Å². The van der Waals surface area contributed by atoms with Gasteiger partial charge in [0.05, 0.1) is 23.2 Å². The van der Waals surface area contributed by atoms with Crippen LogP contribution in [0, 0.1) is 11.2 Å². The first kappa shape index (κ1) is 20.2. The first-order valence-electron chi connectivity index (χ1n) is 11.4. The van der Waals surface area contributed by atoms with Crippen LogP contribution in [0.2, 0.25) is 0 Å². The maximum atomic E-state index is 14.0. The number of pyridine rings is 1. The lowest BCUT2D eigenvalue weighted by molar-refractivity contribution is -0.186. The predicted molar refractivity (Wildman–Crippen MR) is 115 cm³/mol. The Morgan fingerprint density at radius 2 is 1.74 bits per heavy atom. The van der Waals surface area contributed by atoms with Crippen molar-refractivity contribution in [2.45, 2.75) is 57.0 Å². The van der Waals surface area contributed by atoms with E-state index in [0.717, 1.165) is 44.7 Å². The standard InChI is InChI=1S/C25H28FN3O2/c26-21-17-27-14-9-20(21)23(30)28-15-10-19(11-16-28)29-22(18-7-3-1-4-8-18)25(24(29)31)12-5-2-6-13-25/h1,3-4,7-9,14,17,19,22H,2,5-6,10-13,15-16H2. The van der Waals surface area contributed by atoms with Crippen LogP contribution in [0.1, 0.15) is 66.9 Å². The molecule has 1 aromatic heterocycles. The number of piperidine rings is 1. The third-order valence-electron chi connectivity index (χ3n) is 7.47. The molecule has 1 aliphatic carbocycles. The fraction of sp³-hybridized carbons (Fsp3) is 0.480. The average molecular weight is 422 g/mol. The zero-order valence-electron chi connectivity index (χ0n) is 17.7. The maximum Gasteiger partial charge on any atom is 0.256 e. The van der Waals surface area contributed by atoms with Crippen LogP contribution in [-0.4, -0.2) is 45.7 Å². The molecule has 3 heterocycles. The van der Waals surface area contributed by atoms with Crippen LogP contribution in [0.25, 0.3) is 0 Å². The number of aromatic nitrogens is 1. The third kappa shape index (κ3) is 3.33. The Kier molecular flexibility index (Phi) is 5.24. The number of carbonyl (C=O) groups excluding carboxylic acids is 2. The molecular weight excluding hydrogens is 393 g/mol. The molecule has 5 nitrogen and oxygen atoms in total. The van der Waals surface area contributed by atoms with Crippen LogP contribution in [-0.2, 0) is 4.79 Å². The van der Waals surface area contributed by atoms with Gasteiger partial charge < -0.3 is 9.80 Å². The van der Waals surface area contributed by atoms with Crippen LogP contribution in [0.4, 0.5) is 4.39 Å². The molecule has 1 unspecified atom stereocenters. The van der Waals surface area contributed by atoms with Gasteiger partial charge in [-0.05, 0) is 37.3 Å². The Morgan fingerprint density at radius 1 is 1.03 bits per heavy atom. The minimum absolute atomic E-state index is 0.0665. The number of likely N-dealkylation sites (tertiary alicyclic amines) is 2. The molecular formula is C25H28FN3O2. The van der Waals surface area contributed by atoms with Crippen molar-refractivity contribution in [1.29, 1.82) is 0 Å². The second-order valence-electron chi connectivity index (χ2n) is 9.12. The van der Waals surface area contributed by atoms with Crippen molar-refractivity contribution in [1.82, 2.24) is 14.8 Å². The minimum atomic E-state index is -0.587. The molecule has 2 aliphatic heterocycles. The van der Waals surface area contributed by atoms with Crippen molar-refractivity contribution in [3.63, 3.8) is 0 Å². The molecule has 2 saturated heterocycles. The molecule has 0 bridgehead atoms. The predicted octanol–water partition coefficient (Wildman–Crippen LogP) is 4.36. The van der Waals surface area contributed by atoms with E-state index in [1.807, 2.05) is 6.07 Å². The lowest BCUT2D eigenvalue weighted by Crippen LogP contribution is -2.67. The summed E-state index contributed by atoms with van der Waals surface area (Å²) < 4.78 is 14.0. The highest BCUT2D eigenvalue weighted by molar-refractivity contribution is 5.94. The van der Waals surface area contributed by atoms with Crippen LogP contribution in [0.5, 0.6) is 0 Å². The molecule has 1 aromatic carbocycles. The summed E-state index contributed by atoms with van der Waals surface area (Å²) in [5.74, 6) is -0.585. The number of carbonyl (C=O) groups is 2. The first-order valence-corrected chi connectivity index (χ1v) is 11.4. The lowest BCUT2D eigenvalue weighted by Gasteiger charge is -2.61. The number of β-lactam (4-membered cyclic amide) rings is 1. The summed E-state index contributed by atoms with van der Waals surface area (Å²) in [6.45, 7) is 1.06. The number of nitrogens with zero attached hydrogens (tertiary/aromatic N) is 3. The smallest absolute Gasteiger partial charge is 0.256 e. The van der Waals surface area contributed by atoms with E-state index in [1.165, 1.54) is 24.2 Å². The Bertz CT molecular complexity index is 966. The topological polar surface area (TPSA) is 53.5 Å². The van der Waals surface area contributed by atoms with E-state index in [9.17, 15) is 14.0 Å². The Morgan fingerprint density at radius 3 is 2.42 bits per heavy atom. The fourth-order valence-corrected chi connectivity index (χ4v) is 5.92. The van der Waals surface area contributed by atoms with Crippen molar-refractivity contribution in [2.24, 2.45) is 5.41 Å². The largest absolute Gasteiger partial charge is 0.338 e. The molecule has 2 aromatic rings. The van der Waals surface area contributed by atoms with E-state index in [4.69, 9.17) is 0 Å². The monoisotopic (exact) mass is 421 g/mol. The van der Waals surface area contributed by atoms with Gasteiger partial charge in [-0.3, -0.25) is 14.6 Å². The van der Waals surface area contributed by atoms with E-state index in [1.54, 1.807) is 4.90 Å². The molecule has 2 amide bonds. The number of hydrogen-bond donors (Lipinski definition) is 0. The summed E-state index contributed by atoms with van der Waals surface area (Å²) >= 11 is 0. The Balaban J connectivity index is 1.33. The SMILES string of the molecule is O=C(c1ccncc1F)N1CCC(N2C(=O)C3(CCCCC3)C2c2ccccc2)CC1. The van der Waals surface area contributed by atoms with Gasteiger partial charge in [-0.1, -0.05) is 49.6 Å². The molecule has 31 heavy (non-hydrogen) atoms. The Hall–Kier alpha value is -2.76. The molecule has 162 valence electrons. The molecule has 1 atom stereocenters. The van der Waals surface area contributed by atoms with Gasteiger partial charge in [0.2, 0.25) is 5.91 Å². The number of halogens is 1. The van der Waals surface area contributed by atoms with Crippen molar-refractivity contribution in [3.05, 3.63) is 65.7 Å². The van der Waals surface area contributed by atoms with Gasteiger partial charge in [-0.25, -0.2) is 4.39 Å². The highest BCUT2D eigenvalue weighted by Gasteiger charge is 2.62. The highest BCUT2D eigenvalue weighted by Crippen LogP contribution is 2.59. The summed E-state index contributed by atoms with van der Waals surface area (Å²) in [6.07, 6.45) is 9.36. The summed E-state index contributed by atoms with van der Waals surface area (Å²) in [6, 6.07) is 12.1. The summed E-state index contributed by atoms with van der Waals surface area (Å²) in [7, 11) is 0. The summed E-state index contributed by atoms with van der Waals surface area (Å²) in [5.41, 5.74) is 1.05. The molecule has 3 fully saturated rings. The maximum absolute atomic E-state index is 14.0. The number of hydrogen-bond acceptors (Lipinski definition) is 3. The Labute approximate surface area is 182 Å². The average Bonchev–Trinajstić information content (AvgIpc) is 2.83. The normalized spacial score (nSPS) is 23.6. The number of amides is 2. The number of rotatable bonds is 3. The van der Waals surface area contributed by atoms with Crippen LogP contribution in [0.3, 0.4) is 0 Å². The molecule has 6 heteroatoms. The number of benzene rings is 1. The van der Waals surface area contributed by atoms with Crippen molar-refractivity contribution >= 4 is 11.8 Å². The van der Waals surface area contributed by atoms with E-state index < -0.39 is 5.82 Å². The molecule has 0 N–H and O–H groups in total. The van der Waals surface area contributed by atoms with Gasteiger partial charge >= 0.3 is 0 Å². The molecule has 5 rings (SSSR count). The van der Waals surface area contributed by atoms with Gasteiger partial charge in [0.1, 0.15) is 0 Å². The zero-order chi connectivity index (χ0) is 21.4. The lowest BCUT2D eigenvalue weighted by atomic mass is 9.59. The quantitative estimate of drug-likeness (QED) is 0.692. The third-order valence-corrected chi connectivity index (χ3v) is 7.47. The highest BCUT2D eigenvalue weighted by atomic mass is 19.1. The van der Waals surface area contributed by atoms with E-state index >= 15 is 0 Å². The van der Waals surface area contributed by atoms with Crippen molar-refractivity contribution < 1.29 is 14.0 Å². The van der Waals surface area contributed by atoms with E-state index in [2.05, 4.69) is 34.1 Å². The second-order valence-corrected chi connectivity index (χ2v) is 9.12.